The highest BCUT2D eigenvalue weighted by atomic mass is 16.5. The molecule has 0 aromatic carbocycles. The van der Waals surface area contributed by atoms with Crippen LogP contribution in [-0.4, -0.2) is 28.0 Å². The molecule has 0 spiro atoms. The van der Waals surface area contributed by atoms with Crippen molar-refractivity contribution < 1.29 is 19.8 Å². The summed E-state index contributed by atoms with van der Waals surface area (Å²) in [6, 6.07) is 0. The van der Waals surface area contributed by atoms with Crippen molar-refractivity contribution in [3.05, 3.63) is 0 Å². The molecule has 0 saturated heterocycles. The van der Waals surface area contributed by atoms with Crippen LogP contribution in [0.4, 0.5) is 0 Å². The molecule has 16 heavy (non-hydrogen) atoms. The third-order valence-corrected chi connectivity index (χ3v) is 2.49. The van der Waals surface area contributed by atoms with Crippen molar-refractivity contribution in [3.8, 4) is 0 Å². The molecule has 5 nitrogen and oxygen atoms in total. The van der Waals surface area contributed by atoms with Crippen LogP contribution in [0.3, 0.4) is 0 Å². The Bertz CT molecular complexity index is 269. The van der Waals surface area contributed by atoms with Gasteiger partial charge in [0, 0.05) is 6.42 Å². The van der Waals surface area contributed by atoms with Gasteiger partial charge in [-0.05, 0) is 12.3 Å². The summed E-state index contributed by atoms with van der Waals surface area (Å²) >= 11 is 0. The fraction of sp³-hybridized carbons (Fsp3) is 0.818. The predicted molar refractivity (Wildman–Crippen MR) is 58.2 cm³/mol. The van der Waals surface area contributed by atoms with Crippen LogP contribution >= 0.6 is 0 Å². The molecular formula is C11H19NO4. The first-order valence-electron chi connectivity index (χ1n) is 5.51. The average molecular weight is 229 g/mol. The first-order chi connectivity index (χ1) is 7.44. The van der Waals surface area contributed by atoms with Crippen molar-refractivity contribution in [2.24, 2.45) is 10.9 Å². The van der Waals surface area contributed by atoms with Crippen LogP contribution in [0, 0.1) is 5.92 Å². The summed E-state index contributed by atoms with van der Waals surface area (Å²) in [7, 11) is 0. The Balaban J connectivity index is 4.02. The molecule has 0 aliphatic rings. The second-order valence-corrected chi connectivity index (χ2v) is 4.05. The van der Waals surface area contributed by atoms with E-state index in [2.05, 4.69) is 11.9 Å². The summed E-state index contributed by atoms with van der Waals surface area (Å²) in [5, 5.41) is 18.1. The molecule has 2 N–H and O–H groups in total. The van der Waals surface area contributed by atoms with Crippen LogP contribution in [0.1, 0.15) is 46.0 Å². The number of isocyanates is 1. The van der Waals surface area contributed by atoms with Gasteiger partial charge >= 0.3 is 5.91 Å². The minimum atomic E-state index is -2.90. The number of carbonyl (C=O) groups excluding carboxylic acids is 2. The van der Waals surface area contributed by atoms with Crippen molar-refractivity contribution in [1.82, 2.24) is 0 Å². The molecule has 0 heterocycles. The Hall–Kier alpha value is -1.03. The molecule has 0 bridgehead atoms. The number of ketones is 1. The molecule has 5 heteroatoms. The normalized spacial score (nSPS) is 13.0. The van der Waals surface area contributed by atoms with Crippen LogP contribution in [0.25, 0.3) is 0 Å². The van der Waals surface area contributed by atoms with Crippen molar-refractivity contribution >= 4 is 11.9 Å². The monoisotopic (exact) mass is 229 g/mol. The van der Waals surface area contributed by atoms with E-state index in [0.29, 0.717) is 12.3 Å². The molecular weight excluding hydrogens is 210 g/mol. The fourth-order valence-corrected chi connectivity index (χ4v) is 1.37. The second kappa shape index (κ2) is 7.28. The highest BCUT2D eigenvalue weighted by Crippen LogP contribution is 2.16. The molecule has 1 atom stereocenters. The van der Waals surface area contributed by atoms with E-state index in [1.165, 1.54) is 0 Å². The Kier molecular flexibility index (Phi) is 6.81. The maximum atomic E-state index is 11.3. The third-order valence-electron chi connectivity index (χ3n) is 2.49. The number of nitrogens with zero attached hydrogens (tertiary/aromatic N) is 1. The number of Topliss-reactive ketones (excluding diaryl/α,β-unsaturated/α-hetero) is 1. The van der Waals surface area contributed by atoms with Gasteiger partial charge in [-0.3, -0.25) is 4.79 Å². The Morgan fingerprint density at radius 2 is 2.06 bits per heavy atom. The van der Waals surface area contributed by atoms with E-state index in [1.54, 1.807) is 0 Å². The van der Waals surface area contributed by atoms with Crippen molar-refractivity contribution in [2.75, 3.05) is 0 Å². The van der Waals surface area contributed by atoms with Crippen molar-refractivity contribution in [1.29, 1.82) is 0 Å². The van der Waals surface area contributed by atoms with Gasteiger partial charge in [-0.15, -0.1) is 4.99 Å². The summed E-state index contributed by atoms with van der Waals surface area (Å²) in [6.45, 7) is 4.09. The van der Waals surface area contributed by atoms with Gasteiger partial charge in [0.25, 0.3) is 0 Å². The highest BCUT2D eigenvalue weighted by molar-refractivity contribution is 5.85. The zero-order valence-corrected chi connectivity index (χ0v) is 9.77. The van der Waals surface area contributed by atoms with Gasteiger partial charge in [0.1, 0.15) is 0 Å². The highest BCUT2D eigenvalue weighted by Gasteiger charge is 2.32. The number of aliphatic imine (C=N–C) groups is 1. The largest absolute Gasteiger partial charge is 0.341 e. The van der Waals surface area contributed by atoms with Gasteiger partial charge in [-0.25, -0.2) is 4.79 Å². The molecule has 0 radical (unpaired) electrons. The lowest BCUT2D eigenvalue weighted by Crippen LogP contribution is -2.36. The van der Waals surface area contributed by atoms with Crippen LogP contribution in [0.15, 0.2) is 4.99 Å². The van der Waals surface area contributed by atoms with E-state index in [4.69, 9.17) is 10.2 Å². The number of unbranched alkanes of at least 4 members (excludes halogenated alkanes) is 1. The molecule has 0 aromatic heterocycles. The molecule has 1 unspecified atom stereocenters. The minimum absolute atomic E-state index is 0.00304. The molecule has 0 amide bonds. The summed E-state index contributed by atoms with van der Waals surface area (Å²) in [5.74, 6) is -3.41. The standard InChI is InChI=1S/C11H19NO4/c1-3-4-5-9(2)6-7-10(14)11(15,16)12-8-13/h9,15-16H,3-7H2,1-2H3. The molecule has 0 aliphatic heterocycles. The van der Waals surface area contributed by atoms with E-state index in [-0.39, 0.29) is 6.42 Å². The van der Waals surface area contributed by atoms with Gasteiger partial charge in [0.2, 0.25) is 11.9 Å². The average Bonchev–Trinajstić information content (AvgIpc) is 2.22. The summed E-state index contributed by atoms with van der Waals surface area (Å²) in [5.41, 5.74) is 0. The van der Waals surface area contributed by atoms with Crippen LogP contribution < -0.4 is 0 Å². The first-order valence-corrected chi connectivity index (χ1v) is 5.51. The Morgan fingerprint density at radius 1 is 1.44 bits per heavy atom. The fourth-order valence-electron chi connectivity index (χ4n) is 1.37. The number of hydrogen-bond acceptors (Lipinski definition) is 5. The lowest BCUT2D eigenvalue weighted by molar-refractivity contribution is -0.179. The smallest absolute Gasteiger partial charge is 0.337 e. The maximum absolute atomic E-state index is 11.3. The molecule has 0 aliphatic carbocycles. The number of carbonyl (C=O) groups is 1. The van der Waals surface area contributed by atoms with E-state index >= 15 is 0 Å². The quantitative estimate of drug-likeness (QED) is 0.371. The van der Waals surface area contributed by atoms with E-state index in [0.717, 1.165) is 25.3 Å². The van der Waals surface area contributed by atoms with Gasteiger partial charge in [-0.2, -0.15) is 0 Å². The molecule has 0 aromatic rings. The summed E-state index contributed by atoms with van der Waals surface area (Å²) in [6.07, 6.45) is 4.72. The summed E-state index contributed by atoms with van der Waals surface area (Å²) < 4.78 is 0. The van der Waals surface area contributed by atoms with Crippen molar-refractivity contribution in [3.63, 3.8) is 0 Å². The minimum Gasteiger partial charge on any atom is -0.341 e. The Morgan fingerprint density at radius 3 is 2.56 bits per heavy atom. The number of rotatable bonds is 8. The zero-order chi connectivity index (χ0) is 12.6. The molecule has 92 valence electrons. The van der Waals surface area contributed by atoms with Crippen LogP contribution in [-0.2, 0) is 9.59 Å². The van der Waals surface area contributed by atoms with Gasteiger partial charge in [-0.1, -0.05) is 33.1 Å². The lowest BCUT2D eigenvalue weighted by Gasteiger charge is -2.14. The third kappa shape index (κ3) is 5.75. The molecule has 0 rings (SSSR count). The number of aliphatic hydroxyl groups is 2. The second-order valence-electron chi connectivity index (χ2n) is 4.05. The SMILES string of the molecule is CCCCC(C)CCC(=O)C(O)(O)N=C=O. The van der Waals surface area contributed by atoms with Crippen molar-refractivity contribution in [2.45, 2.75) is 51.9 Å². The van der Waals surface area contributed by atoms with Gasteiger partial charge in [0.15, 0.2) is 0 Å². The summed E-state index contributed by atoms with van der Waals surface area (Å²) in [4.78, 5) is 23.8. The predicted octanol–water partition coefficient (Wildman–Crippen LogP) is 1.14. The lowest BCUT2D eigenvalue weighted by atomic mass is 9.97. The van der Waals surface area contributed by atoms with E-state index in [9.17, 15) is 9.59 Å². The maximum Gasteiger partial charge on any atom is 0.337 e. The van der Waals surface area contributed by atoms with E-state index < -0.39 is 11.7 Å². The van der Waals surface area contributed by atoms with E-state index in [1.807, 2.05) is 6.92 Å². The molecule has 0 fully saturated rings. The molecule has 0 saturated carbocycles. The van der Waals surface area contributed by atoms with Crippen LogP contribution in [0.2, 0.25) is 0 Å². The number of hydrogen-bond donors (Lipinski definition) is 2. The van der Waals surface area contributed by atoms with Gasteiger partial charge < -0.3 is 10.2 Å². The zero-order valence-electron chi connectivity index (χ0n) is 9.77. The first kappa shape index (κ1) is 15.0. The Labute approximate surface area is 95.2 Å². The van der Waals surface area contributed by atoms with Gasteiger partial charge in [0.05, 0.1) is 0 Å². The van der Waals surface area contributed by atoms with Crippen LogP contribution in [0.5, 0.6) is 0 Å². The topological polar surface area (TPSA) is 87.0 Å².